The molecular weight excluding hydrogens is 248 g/mol. The van der Waals surface area contributed by atoms with Gasteiger partial charge in [-0.2, -0.15) is 0 Å². The molecule has 1 heterocycles. The number of ether oxygens (including phenoxy) is 1. The number of nitrogens with one attached hydrogen (secondary N) is 1. The van der Waals surface area contributed by atoms with Crippen LogP contribution in [0.1, 0.15) is 62.3 Å². The van der Waals surface area contributed by atoms with Crippen molar-refractivity contribution < 1.29 is 4.74 Å². The Balaban J connectivity index is 2.80. The summed E-state index contributed by atoms with van der Waals surface area (Å²) in [5.41, 5.74) is 0.0255. The summed E-state index contributed by atoms with van der Waals surface area (Å²) in [4.78, 5) is 2.62. The summed E-state index contributed by atoms with van der Waals surface area (Å²) >= 11 is 0. The molecule has 1 unspecified atom stereocenters. The van der Waals surface area contributed by atoms with E-state index in [9.17, 15) is 0 Å². The van der Waals surface area contributed by atoms with E-state index in [1.54, 1.807) is 0 Å². The maximum absolute atomic E-state index is 6.20. The van der Waals surface area contributed by atoms with Crippen LogP contribution in [-0.2, 0) is 4.74 Å². The Hall–Kier alpha value is -0.120. The molecule has 1 aliphatic heterocycles. The van der Waals surface area contributed by atoms with Crippen LogP contribution in [0.15, 0.2) is 0 Å². The average molecular weight is 284 g/mol. The Morgan fingerprint density at radius 1 is 1.05 bits per heavy atom. The Morgan fingerprint density at radius 3 is 1.85 bits per heavy atom. The van der Waals surface area contributed by atoms with Gasteiger partial charge in [-0.3, -0.25) is 4.90 Å². The number of morpholine rings is 1. The summed E-state index contributed by atoms with van der Waals surface area (Å²) in [5, 5.41) is 3.67. The third-order valence-corrected chi connectivity index (χ3v) is 3.80. The molecule has 0 aromatic rings. The lowest BCUT2D eigenvalue weighted by Crippen LogP contribution is -2.62. The minimum Gasteiger partial charge on any atom is -0.367 e. The first-order valence-corrected chi connectivity index (χ1v) is 8.01. The van der Waals surface area contributed by atoms with Crippen molar-refractivity contribution in [1.82, 2.24) is 10.2 Å². The Labute approximate surface area is 126 Å². The first-order valence-electron chi connectivity index (χ1n) is 8.01. The van der Waals surface area contributed by atoms with Gasteiger partial charge in [0.15, 0.2) is 0 Å². The van der Waals surface area contributed by atoms with E-state index < -0.39 is 0 Å². The second-order valence-corrected chi connectivity index (χ2v) is 8.97. The molecule has 3 nitrogen and oxygen atoms in total. The second kappa shape index (κ2) is 5.94. The smallest absolute Gasteiger partial charge is 0.0760 e. The fourth-order valence-corrected chi connectivity index (χ4v) is 3.28. The zero-order valence-electron chi connectivity index (χ0n) is 15.1. The summed E-state index contributed by atoms with van der Waals surface area (Å²) in [6, 6.07) is 0.552. The highest BCUT2D eigenvalue weighted by Crippen LogP contribution is 2.30. The summed E-state index contributed by atoms with van der Waals surface area (Å²) in [6.45, 7) is 23.2. The van der Waals surface area contributed by atoms with Crippen molar-refractivity contribution in [3.8, 4) is 0 Å². The van der Waals surface area contributed by atoms with Crippen molar-refractivity contribution in [2.45, 2.75) is 85.1 Å². The number of rotatable bonds is 4. The first-order chi connectivity index (χ1) is 8.81. The summed E-state index contributed by atoms with van der Waals surface area (Å²) < 4.78 is 6.20. The van der Waals surface area contributed by atoms with Crippen molar-refractivity contribution in [2.24, 2.45) is 5.92 Å². The fraction of sp³-hybridized carbons (Fsp3) is 1.00. The van der Waals surface area contributed by atoms with Crippen LogP contribution in [0.5, 0.6) is 0 Å². The lowest BCUT2D eigenvalue weighted by molar-refractivity contribution is -0.190. The molecule has 1 N–H and O–H groups in total. The zero-order valence-corrected chi connectivity index (χ0v) is 15.1. The maximum atomic E-state index is 6.20. The van der Waals surface area contributed by atoms with Crippen LogP contribution in [0, 0.1) is 5.92 Å². The quantitative estimate of drug-likeness (QED) is 0.857. The van der Waals surface area contributed by atoms with Gasteiger partial charge in [-0.05, 0) is 54.4 Å². The van der Waals surface area contributed by atoms with E-state index in [4.69, 9.17) is 4.74 Å². The van der Waals surface area contributed by atoms with E-state index in [0.29, 0.717) is 12.0 Å². The van der Waals surface area contributed by atoms with Gasteiger partial charge >= 0.3 is 0 Å². The molecule has 1 saturated heterocycles. The maximum Gasteiger partial charge on any atom is 0.0760 e. The predicted octanol–water partition coefficient (Wildman–Crippen LogP) is 3.29. The number of hydrogen-bond acceptors (Lipinski definition) is 3. The number of nitrogens with zero attached hydrogens (tertiary/aromatic N) is 1. The van der Waals surface area contributed by atoms with Crippen LogP contribution in [0.25, 0.3) is 0 Å². The summed E-state index contributed by atoms with van der Waals surface area (Å²) in [6.07, 6.45) is 0. The SMILES string of the molecule is CC(C)C(CNC(C)(C)C)N1CC(C)(C)OC(C)(C)C1. The minimum absolute atomic E-state index is 0.0728. The Kier molecular flexibility index (Phi) is 5.32. The third-order valence-electron chi connectivity index (χ3n) is 3.80. The molecule has 0 aromatic carbocycles. The van der Waals surface area contributed by atoms with Crippen LogP contribution >= 0.6 is 0 Å². The predicted molar refractivity (Wildman–Crippen MR) is 87.2 cm³/mol. The van der Waals surface area contributed by atoms with Crippen LogP contribution in [0.2, 0.25) is 0 Å². The topological polar surface area (TPSA) is 24.5 Å². The van der Waals surface area contributed by atoms with Crippen molar-refractivity contribution >= 4 is 0 Å². The molecule has 1 atom stereocenters. The second-order valence-electron chi connectivity index (χ2n) is 8.97. The highest BCUT2D eigenvalue weighted by Gasteiger charge is 2.41. The van der Waals surface area contributed by atoms with Gasteiger partial charge < -0.3 is 10.1 Å². The average Bonchev–Trinajstić information content (AvgIpc) is 2.09. The Bertz CT molecular complexity index is 299. The Morgan fingerprint density at radius 2 is 1.50 bits per heavy atom. The van der Waals surface area contributed by atoms with Gasteiger partial charge in [0, 0.05) is 31.2 Å². The van der Waals surface area contributed by atoms with E-state index in [-0.39, 0.29) is 16.7 Å². The van der Waals surface area contributed by atoms with Gasteiger partial charge in [-0.1, -0.05) is 13.8 Å². The highest BCUT2D eigenvalue weighted by molar-refractivity contribution is 4.93. The summed E-state index contributed by atoms with van der Waals surface area (Å²) in [7, 11) is 0. The minimum atomic E-state index is -0.0728. The van der Waals surface area contributed by atoms with E-state index in [2.05, 4.69) is 72.5 Å². The van der Waals surface area contributed by atoms with E-state index in [1.165, 1.54) is 0 Å². The van der Waals surface area contributed by atoms with Crippen LogP contribution in [0.3, 0.4) is 0 Å². The van der Waals surface area contributed by atoms with Gasteiger partial charge in [-0.25, -0.2) is 0 Å². The van der Waals surface area contributed by atoms with Crippen molar-refractivity contribution in [3.63, 3.8) is 0 Å². The van der Waals surface area contributed by atoms with Gasteiger partial charge in [0.25, 0.3) is 0 Å². The van der Waals surface area contributed by atoms with Crippen molar-refractivity contribution in [1.29, 1.82) is 0 Å². The van der Waals surface area contributed by atoms with Crippen molar-refractivity contribution in [3.05, 3.63) is 0 Å². The highest BCUT2D eigenvalue weighted by atomic mass is 16.5. The lowest BCUT2D eigenvalue weighted by Gasteiger charge is -2.51. The summed E-state index contributed by atoms with van der Waals surface area (Å²) in [5.74, 6) is 0.634. The van der Waals surface area contributed by atoms with Gasteiger partial charge in [0.2, 0.25) is 0 Å². The third kappa shape index (κ3) is 5.71. The number of hydrogen-bond donors (Lipinski definition) is 1. The molecule has 20 heavy (non-hydrogen) atoms. The van der Waals surface area contributed by atoms with Gasteiger partial charge in [-0.15, -0.1) is 0 Å². The molecule has 0 aromatic heterocycles. The molecule has 1 fully saturated rings. The molecule has 0 saturated carbocycles. The molecule has 0 bridgehead atoms. The molecule has 0 amide bonds. The van der Waals surface area contributed by atoms with Crippen LogP contribution < -0.4 is 5.32 Å². The monoisotopic (exact) mass is 284 g/mol. The standard InChI is InChI=1S/C17H36N2O/c1-13(2)14(10-18-15(3,4)5)19-11-16(6,7)20-17(8,9)12-19/h13-14,18H,10-12H2,1-9H3. The zero-order chi connectivity index (χ0) is 15.8. The normalized spacial score (nSPS) is 24.9. The van der Waals surface area contributed by atoms with Gasteiger partial charge in [0.05, 0.1) is 11.2 Å². The van der Waals surface area contributed by atoms with Crippen LogP contribution in [-0.4, -0.2) is 47.3 Å². The van der Waals surface area contributed by atoms with Crippen molar-refractivity contribution in [2.75, 3.05) is 19.6 Å². The molecule has 1 aliphatic rings. The molecule has 1 rings (SSSR count). The van der Waals surface area contributed by atoms with E-state index in [0.717, 1.165) is 19.6 Å². The molecule has 3 heteroatoms. The lowest BCUT2D eigenvalue weighted by atomic mass is 9.93. The first kappa shape index (κ1) is 17.9. The van der Waals surface area contributed by atoms with E-state index in [1.807, 2.05) is 0 Å². The molecule has 0 radical (unpaired) electrons. The van der Waals surface area contributed by atoms with E-state index >= 15 is 0 Å². The molecule has 0 aliphatic carbocycles. The largest absolute Gasteiger partial charge is 0.367 e. The van der Waals surface area contributed by atoms with Crippen LogP contribution in [0.4, 0.5) is 0 Å². The van der Waals surface area contributed by atoms with Gasteiger partial charge in [0.1, 0.15) is 0 Å². The molecule has 120 valence electrons. The molecule has 0 spiro atoms. The molecular formula is C17H36N2O. The fourth-order valence-electron chi connectivity index (χ4n) is 3.28.